The summed E-state index contributed by atoms with van der Waals surface area (Å²) in [5.74, 6) is 0.715. The molecule has 1 aliphatic heterocycles. The Hall–Kier alpha value is -0.610. The largest absolute Gasteiger partial charge is 0.345 e. The Bertz CT molecular complexity index is 428. The monoisotopic (exact) mass is 309 g/mol. The Morgan fingerprint density at radius 3 is 2.81 bits per heavy atom. The number of aromatic nitrogens is 1. The van der Waals surface area contributed by atoms with Gasteiger partial charge >= 0.3 is 0 Å². The van der Waals surface area contributed by atoms with Crippen molar-refractivity contribution in [3.63, 3.8) is 0 Å². The van der Waals surface area contributed by atoms with Gasteiger partial charge in [0.05, 0.1) is 5.69 Å². The fraction of sp³-hybridized carbons (Fsp3) is 0.824. The smallest absolute Gasteiger partial charge is 0.186 e. The van der Waals surface area contributed by atoms with E-state index in [-0.39, 0.29) is 0 Å². The van der Waals surface area contributed by atoms with E-state index in [9.17, 15) is 0 Å². The average Bonchev–Trinajstić information content (AvgIpc) is 3.06. The second-order valence-corrected chi connectivity index (χ2v) is 7.50. The number of aryl methyl sites for hydroxylation is 1. The first kappa shape index (κ1) is 16.8. The molecule has 0 saturated carbocycles. The number of hydrogen-bond donors (Lipinski definition) is 1. The van der Waals surface area contributed by atoms with Gasteiger partial charge in [0, 0.05) is 24.0 Å². The Balaban J connectivity index is 2.13. The van der Waals surface area contributed by atoms with Crippen LogP contribution in [0.4, 0.5) is 5.13 Å². The van der Waals surface area contributed by atoms with Crippen LogP contribution in [0.25, 0.3) is 0 Å². The third kappa shape index (κ3) is 4.19. The Kier molecular flexibility index (Phi) is 6.49. The summed E-state index contributed by atoms with van der Waals surface area (Å²) in [5, 5.41) is 4.81. The van der Waals surface area contributed by atoms with E-state index < -0.39 is 0 Å². The van der Waals surface area contributed by atoms with Crippen LogP contribution in [0.2, 0.25) is 0 Å². The molecule has 2 rings (SSSR count). The second kappa shape index (κ2) is 8.14. The van der Waals surface area contributed by atoms with E-state index in [2.05, 4.69) is 37.9 Å². The van der Waals surface area contributed by atoms with Gasteiger partial charge in [0.15, 0.2) is 5.13 Å². The molecule has 4 heteroatoms. The molecule has 0 spiro atoms. The van der Waals surface area contributed by atoms with Gasteiger partial charge in [-0.1, -0.05) is 34.1 Å². The third-order valence-electron chi connectivity index (χ3n) is 4.28. The summed E-state index contributed by atoms with van der Waals surface area (Å²) >= 11 is 1.92. The molecule has 1 unspecified atom stereocenters. The Labute approximate surface area is 134 Å². The van der Waals surface area contributed by atoms with Crippen molar-refractivity contribution in [3.05, 3.63) is 10.6 Å². The summed E-state index contributed by atoms with van der Waals surface area (Å²) in [6.07, 6.45) is 6.12. The first-order valence-electron chi connectivity index (χ1n) is 8.63. The molecule has 1 fully saturated rings. The maximum absolute atomic E-state index is 5.00. The minimum atomic E-state index is 0.682. The van der Waals surface area contributed by atoms with E-state index in [0.29, 0.717) is 12.0 Å². The van der Waals surface area contributed by atoms with E-state index in [4.69, 9.17) is 4.98 Å². The summed E-state index contributed by atoms with van der Waals surface area (Å²) in [6.45, 7) is 12.4. The van der Waals surface area contributed by atoms with Crippen molar-refractivity contribution in [1.29, 1.82) is 0 Å². The van der Waals surface area contributed by atoms with Crippen molar-refractivity contribution >= 4 is 16.5 Å². The van der Waals surface area contributed by atoms with Gasteiger partial charge in [-0.05, 0) is 38.1 Å². The minimum Gasteiger partial charge on any atom is -0.345 e. The zero-order chi connectivity index (χ0) is 15.2. The SMILES string of the molecule is CCCNCc1sc(N2CCCC2C(C)C)nc1CCC. The Morgan fingerprint density at radius 1 is 1.33 bits per heavy atom. The molecule has 1 saturated heterocycles. The summed E-state index contributed by atoms with van der Waals surface area (Å²) < 4.78 is 0. The molecule has 1 atom stereocenters. The molecule has 0 radical (unpaired) electrons. The van der Waals surface area contributed by atoms with Crippen molar-refractivity contribution in [2.45, 2.75) is 72.4 Å². The van der Waals surface area contributed by atoms with Gasteiger partial charge in [-0.2, -0.15) is 0 Å². The Morgan fingerprint density at radius 2 is 2.14 bits per heavy atom. The van der Waals surface area contributed by atoms with Gasteiger partial charge in [0.1, 0.15) is 0 Å². The van der Waals surface area contributed by atoms with Gasteiger partial charge in [0.2, 0.25) is 0 Å². The predicted molar refractivity (Wildman–Crippen MR) is 93.3 cm³/mol. The highest BCUT2D eigenvalue weighted by atomic mass is 32.1. The van der Waals surface area contributed by atoms with Gasteiger partial charge in [-0.25, -0.2) is 4.98 Å². The molecule has 21 heavy (non-hydrogen) atoms. The highest BCUT2D eigenvalue weighted by Gasteiger charge is 2.29. The summed E-state index contributed by atoms with van der Waals surface area (Å²) in [4.78, 5) is 9.02. The molecule has 2 heterocycles. The lowest BCUT2D eigenvalue weighted by molar-refractivity contribution is 0.491. The van der Waals surface area contributed by atoms with Crippen molar-refractivity contribution in [3.8, 4) is 0 Å². The minimum absolute atomic E-state index is 0.682. The van der Waals surface area contributed by atoms with E-state index in [1.165, 1.54) is 47.9 Å². The normalized spacial score (nSPS) is 18.9. The fourth-order valence-corrected chi connectivity index (χ4v) is 4.32. The zero-order valence-electron chi connectivity index (χ0n) is 14.1. The van der Waals surface area contributed by atoms with E-state index in [1.54, 1.807) is 0 Å². The molecule has 0 aliphatic carbocycles. The van der Waals surface area contributed by atoms with Gasteiger partial charge in [0.25, 0.3) is 0 Å². The fourth-order valence-electron chi connectivity index (χ4n) is 3.16. The molecular weight excluding hydrogens is 278 g/mol. The van der Waals surface area contributed by atoms with Gasteiger partial charge in [-0.15, -0.1) is 11.3 Å². The maximum atomic E-state index is 5.00. The molecule has 0 bridgehead atoms. The van der Waals surface area contributed by atoms with Gasteiger partial charge in [-0.3, -0.25) is 0 Å². The van der Waals surface area contributed by atoms with Crippen molar-refractivity contribution in [2.75, 3.05) is 18.0 Å². The van der Waals surface area contributed by atoms with Crippen LogP contribution in [-0.4, -0.2) is 24.1 Å². The zero-order valence-corrected chi connectivity index (χ0v) is 14.9. The highest BCUT2D eigenvalue weighted by molar-refractivity contribution is 7.15. The predicted octanol–water partition coefficient (Wildman–Crippen LogP) is 4.22. The highest BCUT2D eigenvalue weighted by Crippen LogP contribution is 2.34. The van der Waals surface area contributed by atoms with Crippen molar-refractivity contribution < 1.29 is 0 Å². The van der Waals surface area contributed by atoms with Crippen LogP contribution in [0.5, 0.6) is 0 Å². The van der Waals surface area contributed by atoms with E-state index >= 15 is 0 Å². The molecule has 0 aromatic carbocycles. The number of rotatable bonds is 8. The number of nitrogens with one attached hydrogen (secondary N) is 1. The lowest BCUT2D eigenvalue weighted by Crippen LogP contribution is -2.33. The molecule has 1 aromatic rings. The van der Waals surface area contributed by atoms with Crippen LogP contribution in [0.3, 0.4) is 0 Å². The topological polar surface area (TPSA) is 28.2 Å². The first-order chi connectivity index (χ1) is 10.2. The lowest BCUT2D eigenvalue weighted by atomic mass is 10.0. The number of hydrogen-bond acceptors (Lipinski definition) is 4. The number of nitrogens with zero attached hydrogens (tertiary/aromatic N) is 2. The second-order valence-electron chi connectivity index (χ2n) is 6.44. The third-order valence-corrected chi connectivity index (χ3v) is 5.42. The molecule has 1 aliphatic rings. The molecular formula is C17H31N3S. The van der Waals surface area contributed by atoms with Crippen LogP contribution >= 0.6 is 11.3 Å². The summed E-state index contributed by atoms with van der Waals surface area (Å²) in [5.41, 5.74) is 1.33. The maximum Gasteiger partial charge on any atom is 0.186 e. The summed E-state index contributed by atoms with van der Waals surface area (Å²) in [6, 6.07) is 0.682. The van der Waals surface area contributed by atoms with E-state index in [0.717, 1.165) is 19.5 Å². The molecule has 3 nitrogen and oxygen atoms in total. The summed E-state index contributed by atoms with van der Waals surface area (Å²) in [7, 11) is 0. The van der Waals surface area contributed by atoms with E-state index in [1.807, 2.05) is 11.3 Å². The molecule has 0 amide bonds. The van der Waals surface area contributed by atoms with Crippen molar-refractivity contribution in [2.24, 2.45) is 5.92 Å². The standard InChI is InChI=1S/C17H31N3S/c1-5-8-14-16(12-18-10-6-2)21-17(19-14)20-11-7-9-15(20)13(3)4/h13,15,18H,5-12H2,1-4H3. The van der Waals surface area contributed by atoms with Crippen molar-refractivity contribution in [1.82, 2.24) is 10.3 Å². The number of thiazole rings is 1. The average molecular weight is 310 g/mol. The van der Waals surface area contributed by atoms with Crippen LogP contribution in [0.15, 0.2) is 0 Å². The van der Waals surface area contributed by atoms with Crippen LogP contribution in [0, 0.1) is 5.92 Å². The quantitative estimate of drug-likeness (QED) is 0.729. The van der Waals surface area contributed by atoms with Crippen LogP contribution in [-0.2, 0) is 13.0 Å². The molecule has 1 aromatic heterocycles. The van der Waals surface area contributed by atoms with Crippen LogP contribution < -0.4 is 10.2 Å². The molecule has 1 N–H and O–H groups in total. The van der Waals surface area contributed by atoms with Gasteiger partial charge < -0.3 is 10.2 Å². The first-order valence-corrected chi connectivity index (χ1v) is 9.44. The number of anilines is 1. The lowest BCUT2D eigenvalue weighted by Gasteiger charge is -2.27. The molecule has 120 valence electrons. The van der Waals surface area contributed by atoms with Crippen LogP contribution in [0.1, 0.15) is 63.9 Å².